The molecule has 1 aromatic heterocycles. The normalized spacial score (nSPS) is 11.5. The van der Waals surface area contributed by atoms with Crippen molar-refractivity contribution in [3.63, 3.8) is 0 Å². The van der Waals surface area contributed by atoms with Gasteiger partial charge in [0.2, 0.25) is 10.0 Å². The van der Waals surface area contributed by atoms with Gasteiger partial charge >= 0.3 is 5.97 Å². The van der Waals surface area contributed by atoms with Crippen LogP contribution < -0.4 is 4.72 Å². The summed E-state index contributed by atoms with van der Waals surface area (Å²) in [7, 11) is -3.74. The molecule has 0 aliphatic heterocycles. The van der Waals surface area contributed by atoms with E-state index in [1.807, 2.05) is 22.6 Å². The second kappa shape index (κ2) is 6.54. The zero-order chi connectivity index (χ0) is 15.5. The number of hydrogen-bond donors (Lipinski definition) is 2. The molecule has 21 heavy (non-hydrogen) atoms. The van der Waals surface area contributed by atoms with Gasteiger partial charge in [0.05, 0.1) is 16.8 Å². The second-order valence-corrected chi connectivity index (χ2v) is 7.07. The van der Waals surface area contributed by atoms with Crippen LogP contribution in [-0.4, -0.2) is 35.6 Å². The Morgan fingerprint density at radius 3 is 2.81 bits per heavy atom. The van der Waals surface area contributed by atoms with E-state index in [1.165, 1.54) is 12.1 Å². The highest BCUT2D eigenvalue weighted by molar-refractivity contribution is 14.1. The first-order valence-corrected chi connectivity index (χ1v) is 8.44. The molecule has 0 unspecified atom stereocenters. The number of hydrogen-bond acceptors (Lipinski definition) is 4. The summed E-state index contributed by atoms with van der Waals surface area (Å²) >= 11 is 1.85. The Kier molecular flexibility index (Phi) is 4.96. The summed E-state index contributed by atoms with van der Waals surface area (Å²) in [5.41, 5.74) is -0.0342. The molecule has 0 spiro atoms. The lowest BCUT2D eigenvalue weighted by atomic mass is 10.2. The summed E-state index contributed by atoms with van der Waals surface area (Å²) in [6, 6.07) is 4.01. The van der Waals surface area contributed by atoms with Crippen LogP contribution in [-0.2, 0) is 16.6 Å². The van der Waals surface area contributed by atoms with Crippen molar-refractivity contribution >= 4 is 38.6 Å². The number of halogens is 1. The zero-order valence-corrected chi connectivity index (χ0v) is 13.7. The summed E-state index contributed by atoms with van der Waals surface area (Å²) in [5, 5.41) is 9.03. The molecule has 1 heterocycles. The highest BCUT2D eigenvalue weighted by Gasteiger charge is 2.17. The number of aromatic carboxylic acids is 1. The number of carboxylic acids is 1. The molecular formula is C12H12IN3O4S. The SMILES string of the molecule is O=C(O)c1cc(S(=O)(=O)NCCn2ccnc2)ccc1I. The Bertz CT molecular complexity index is 744. The quantitative estimate of drug-likeness (QED) is 0.682. The van der Waals surface area contributed by atoms with Gasteiger partial charge in [0.25, 0.3) is 0 Å². The Morgan fingerprint density at radius 2 is 2.19 bits per heavy atom. The first-order valence-electron chi connectivity index (χ1n) is 5.88. The molecule has 0 bridgehead atoms. The van der Waals surface area contributed by atoms with Crippen molar-refractivity contribution in [1.82, 2.24) is 14.3 Å². The van der Waals surface area contributed by atoms with Crippen molar-refractivity contribution in [3.8, 4) is 0 Å². The van der Waals surface area contributed by atoms with Crippen LogP contribution in [0.3, 0.4) is 0 Å². The van der Waals surface area contributed by atoms with Gasteiger partial charge in [0.1, 0.15) is 0 Å². The molecular weight excluding hydrogens is 409 g/mol. The molecule has 2 aromatic rings. The Morgan fingerprint density at radius 1 is 1.43 bits per heavy atom. The summed E-state index contributed by atoms with van der Waals surface area (Å²) in [6.45, 7) is 0.627. The van der Waals surface area contributed by atoms with Crippen LogP contribution in [0.2, 0.25) is 0 Å². The number of carboxylic acid groups (broad SMARTS) is 1. The molecule has 7 nitrogen and oxygen atoms in total. The van der Waals surface area contributed by atoms with Crippen LogP contribution in [0.25, 0.3) is 0 Å². The van der Waals surface area contributed by atoms with Gasteiger partial charge in [-0.05, 0) is 40.8 Å². The molecule has 0 fully saturated rings. The van der Waals surface area contributed by atoms with Crippen LogP contribution >= 0.6 is 22.6 Å². The van der Waals surface area contributed by atoms with Crippen LogP contribution in [0.4, 0.5) is 0 Å². The summed E-state index contributed by atoms with van der Waals surface area (Å²) in [4.78, 5) is 14.8. The number of aromatic nitrogens is 2. The van der Waals surface area contributed by atoms with E-state index >= 15 is 0 Å². The zero-order valence-electron chi connectivity index (χ0n) is 10.7. The lowest BCUT2D eigenvalue weighted by molar-refractivity contribution is 0.0695. The second-order valence-electron chi connectivity index (χ2n) is 4.15. The van der Waals surface area contributed by atoms with E-state index in [4.69, 9.17) is 5.11 Å². The molecule has 0 amide bonds. The number of imidazole rings is 1. The first kappa shape index (κ1) is 15.9. The van der Waals surface area contributed by atoms with Crippen molar-refractivity contribution < 1.29 is 18.3 Å². The minimum absolute atomic E-state index is 0.0342. The van der Waals surface area contributed by atoms with E-state index in [-0.39, 0.29) is 17.0 Å². The van der Waals surface area contributed by atoms with E-state index in [2.05, 4.69) is 9.71 Å². The first-order chi connectivity index (χ1) is 9.90. The average Bonchev–Trinajstić information content (AvgIpc) is 2.91. The van der Waals surface area contributed by atoms with E-state index in [9.17, 15) is 13.2 Å². The van der Waals surface area contributed by atoms with Crippen molar-refractivity contribution in [2.75, 3.05) is 6.54 Å². The van der Waals surface area contributed by atoms with E-state index in [1.54, 1.807) is 23.3 Å². The van der Waals surface area contributed by atoms with E-state index < -0.39 is 16.0 Å². The minimum Gasteiger partial charge on any atom is -0.478 e. The highest BCUT2D eigenvalue weighted by atomic mass is 127. The summed E-state index contributed by atoms with van der Waals surface area (Å²) < 4.78 is 28.9. The van der Waals surface area contributed by atoms with Crippen LogP contribution in [0.15, 0.2) is 41.8 Å². The molecule has 2 N–H and O–H groups in total. The van der Waals surface area contributed by atoms with Gasteiger partial charge in [0.15, 0.2) is 0 Å². The molecule has 0 aliphatic rings. The standard InChI is InChI=1S/C12H12IN3O4S/c13-11-2-1-9(7-10(11)12(17)18)21(19,20)15-4-6-16-5-3-14-8-16/h1-3,5,7-8,15H,4,6H2,(H,17,18). The van der Waals surface area contributed by atoms with E-state index in [0.29, 0.717) is 10.1 Å². The van der Waals surface area contributed by atoms with Crippen molar-refractivity contribution in [3.05, 3.63) is 46.1 Å². The molecule has 0 saturated carbocycles. The van der Waals surface area contributed by atoms with Crippen molar-refractivity contribution in [1.29, 1.82) is 0 Å². The van der Waals surface area contributed by atoms with E-state index in [0.717, 1.165) is 6.07 Å². The predicted molar refractivity (Wildman–Crippen MR) is 83.5 cm³/mol. The van der Waals surface area contributed by atoms with Gasteiger partial charge in [0, 0.05) is 29.1 Å². The fourth-order valence-corrected chi connectivity index (χ4v) is 3.26. The van der Waals surface area contributed by atoms with Crippen LogP contribution in [0.5, 0.6) is 0 Å². The number of benzene rings is 1. The molecule has 0 saturated heterocycles. The number of carbonyl (C=O) groups is 1. The average molecular weight is 421 g/mol. The molecule has 2 rings (SSSR count). The third-order valence-corrected chi connectivity index (χ3v) is 5.10. The number of nitrogens with one attached hydrogen (secondary N) is 1. The van der Waals surface area contributed by atoms with Crippen LogP contribution in [0.1, 0.15) is 10.4 Å². The number of sulfonamides is 1. The number of rotatable bonds is 6. The molecule has 1 aromatic carbocycles. The minimum atomic E-state index is -3.74. The maximum absolute atomic E-state index is 12.1. The van der Waals surface area contributed by atoms with Crippen molar-refractivity contribution in [2.45, 2.75) is 11.4 Å². The monoisotopic (exact) mass is 421 g/mol. The molecule has 9 heteroatoms. The van der Waals surface area contributed by atoms with Crippen molar-refractivity contribution in [2.24, 2.45) is 0 Å². The maximum Gasteiger partial charge on any atom is 0.336 e. The lowest BCUT2D eigenvalue weighted by Gasteiger charge is -2.08. The van der Waals surface area contributed by atoms with Gasteiger partial charge in [-0.1, -0.05) is 0 Å². The predicted octanol–water partition coefficient (Wildman–Crippen LogP) is 1.16. The Balaban J connectivity index is 2.12. The van der Waals surface area contributed by atoms with Gasteiger partial charge < -0.3 is 9.67 Å². The molecule has 112 valence electrons. The Hall–Kier alpha value is -1.46. The largest absolute Gasteiger partial charge is 0.478 e. The highest BCUT2D eigenvalue weighted by Crippen LogP contribution is 2.17. The number of nitrogens with zero attached hydrogens (tertiary/aromatic N) is 2. The van der Waals surface area contributed by atoms with Gasteiger partial charge in [-0.15, -0.1) is 0 Å². The third kappa shape index (κ3) is 4.02. The topological polar surface area (TPSA) is 101 Å². The van der Waals surface area contributed by atoms with Crippen LogP contribution in [0, 0.1) is 3.57 Å². The molecule has 0 radical (unpaired) electrons. The van der Waals surface area contributed by atoms with Gasteiger partial charge in [-0.25, -0.2) is 22.9 Å². The fourth-order valence-electron chi connectivity index (χ4n) is 1.65. The third-order valence-electron chi connectivity index (χ3n) is 2.70. The van der Waals surface area contributed by atoms with Gasteiger partial charge in [-0.2, -0.15) is 0 Å². The summed E-state index contributed by atoms with van der Waals surface area (Å²) in [6.07, 6.45) is 4.91. The fraction of sp³-hybridized carbons (Fsp3) is 0.167. The lowest BCUT2D eigenvalue weighted by Crippen LogP contribution is -2.27. The summed E-state index contributed by atoms with van der Waals surface area (Å²) in [5.74, 6) is -1.16. The Labute approximate surface area is 135 Å². The maximum atomic E-state index is 12.1. The smallest absolute Gasteiger partial charge is 0.336 e. The molecule has 0 atom stereocenters. The molecule has 0 aliphatic carbocycles. The van der Waals surface area contributed by atoms with Gasteiger partial charge in [-0.3, -0.25) is 0 Å².